The summed E-state index contributed by atoms with van der Waals surface area (Å²) >= 11 is 3.22. The van der Waals surface area contributed by atoms with E-state index in [4.69, 9.17) is 19.2 Å². The summed E-state index contributed by atoms with van der Waals surface area (Å²) in [5.41, 5.74) is 7.32. The molecule has 57 heavy (non-hydrogen) atoms. The van der Waals surface area contributed by atoms with Crippen LogP contribution in [0.15, 0.2) is 72.2 Å². The van der Waals surface area contributed by atoms with Crippen LogP contribution in [-0.2, 0) is 23.9 Å². The van der Waals surface area contributed by atoms with Gasteiger partial charge in [0.25, 0.3) is 0 Å². The number of carbonyl (C=O) groups excluding carboxylic acids is 3. The van der Waals surface area contributed by atoms with Crippen LogP contribution in [0.2, 0.25) is 0 Å². The van der Waals surface area contributed by atoms with Crippen LogP contribution in [0, 0.1) is 12.3 Å². The van der Waals surface area contributed by atoms with Crippen LogP contribution in [0.25, 0.3) is 31.2 Å². The Labute approximate surface area is 342 Å². The molecule has 1 fully saturated rings. The molecule has 0 spiro atoms. The fraction of sp³-hybridized carbons (Fsp3) is 0.419. The number of aryl methyl sites for hydroxylation is 1. The van der Waals surface area contributed by atoms with E-state index >= 15 is 0 Å². The molecule has 1 unspecified atom stereocenters. The number of fused-ring (bicyclic) bond motifs is 1. The highest BCUT2D eigenvalue weighted by atomic mass is 32.1. The Hall–Kier alpha value is -4.89. The van der Waals surface area contributed by atoms with Gasteiger partial charge >= 0.3 is 0 Å². The lowest BCUT2D eigenvalue weighted by atomic mass is 9.85. The predicted octanol–water partition coefficient (Wildman–Crippen LogP) is 7.25. The van der Waals surface area contributed by atoms with Crippen molar-refractivity contribution < 1.29 is 28.6 Å². The summed E-state index contributed by atoms with van der Waals surface area (Å²) in [6.07, 6.45) is 1.26. The molecule has 3 amide bonds. The van der Waals surface area contributed by atoms with E-state index in [0.717, 1.165) is 53.9 Å². The van der Waals surface area contributed by atoms with Crippen molar-refractivity contribution >= 4 is 56.3 Å². The van der Waals surface area contributed by atoms with Crippen LogP contribution >= 0.6 is 22.7 Å². The van der Waals surface area contributed by atoms with Gasteiger partial charge in [-0.05, 0) is 85.7 Å². The zero-order valence-electron chi connectivity index (χ0n) is 33.4. The average Bonchev–Trinajstić information content (AvgIpc) is 3.97. The number of nitrogens with one attached hydrogen (secondary N) is 3. The predicted molar refractivity (Wildman–Crippen MR) is 227 cm³/mol. The van der Waals surface area contributed by atoms with Gasteiger partial charge in [-0.1, -0.05) is 45.0 Å². The zero-order valence-corrected chi connectivity index (χ0v) is 35.1. The molecule has 0 aliphatic carbocycles. The Morgan fingerprint density at radius 3 is 2.35 bits per heavy atom. The number of nitrogens with zero attached hydrogens (tertiary/aromatic N) is 3. The Bertz CT molecular complexity index is 2130. The van der Waals surface area contributed by atoms with Gasteiger partial charge in [0, 0.05) is 24.8 Å². The van der Waals surface area contributed by atoms with Crippen LogP contribution in [0.3, 0.4) is 0 Å². The number of ether oxygens (including phenoxy) is 3. The lowest BCUT2D eigenvalue weighted by molar-refractivity contribution is -0.144. The van der Waals surface area contributed by atoms with Crippen LogP contribution in [0.4, 0.5) is 5.69 Å². The molecular weight excluding hydrogens is 761 g/mol. The van der Waals surface area contributed by atoms with Crippen molar-refractivity contribution in [3.05, 3.63) is 83.5 Å². The highest BCUT2D eigenvalue weighted by Crippen LogP contribution is 2.33. The highest BCUT2D eigenvalue weighted by molar-refractivity contribution is 7.21. The van der Waals surface area contributed by atoms with Gasteiger partial charge in [-0.15, -0.1) is 22.7 Å². The fourth-order valence-corrected chi connectivity index (χ4v) is 8.53. The van der Waals surface area contributed by atoms with E-state index in [1.807, 2.05) is 102 Å². The summed E-state index contributed by atoms with van der Waals surface area (Å²) in [5.74, 6) is -0.148. The van der Waals surface area contributed by atoms with E-state index in [-0.39, 0.29) is 37.7 Å². The molecule has 12 nitrogen and oxygen atoms in total. The lowest BCUT2D eigenvalue weighted by Gasteiger charge is -2.35. The van der Waals surface area contributed by atoms with Crippen LogP contribution in [0.5, 0.6) is 5.75 Å². The second kappa shape index (κ2) is 19.0. The molecule has 3 atom stereocenters. The Morgan fingerprint density at radius 1 is 0.930 bits per heavy atom. The normalized spacial score (nSPS) is 15.3. The topological polar surface area (TPSA) is 144 Å². The number of carbonyl (C=O) groups is 3. The van der Waals surface area contributed by atoms with Gasteiger partial charge in [-0.3, -0.25) is 14.4 Å². The number of likely N-dealkylation sites (tertiary alicyclic amines) is 1. The lowest BCUT2D eigenvalue weighted by Crippen LogP contribution is -2.58. The second-order valence-electron chi connectivity index (χ2n) is 15.2. The van der Waals surface area contributed by atoms with Gasteiger partial charge < -0.3 is 35.1 Å². The first-order valence-electron chi connectivity index (χ1n) is 19.3. The molecular formula is C43H52N6O6S2. The van der Waals surface area contributed by atoms with E-state index in [1.165, 1.54) is 0 Å². The molecule has 302 valence electrons. The number of amides is 3. The monoisotopic (exact) mass is 812 g/mol. The second-order valence-corrected chi connectivity index (χ2v) is 17.1. The molecule has 1 aliphatic heterocycles. The number of rotatable bonds is 17. The summed E-state index contributed by atoms with van der Waals surface area (Å²) in [4.78, 5) is 52.3. The third-order valence-corrected chi connectivity index (χ3v) is 12.0. The van der Waals surface area contributed by atoms with Crippen molar-refractivity contribution in [1.82, 2.24) is 25.5 Å². The largest absolute Gasteiger partial charge is 0.491 e. The first-order chi connectivity index (χ1) is 27.4. The first kappa shape index (κ1) is 41.7. The third kappa shape index (κ3) is 10.7. The minimum atomic E-state index is -0.837. The summed E-state index contributed by atoms with van der Waals surface area (Å²) < 4.78 is 18.2. The quantitative estimate of drug-likeness (QED) is 0.0828. The number of thiazole rings is 2. The van der Waals surface area contributed by atoms with Gasteiger partial charge in [-0.25, -0.2) is 9.97 Å². The average molecular weight is 813 g/mol. The van der Waals surface area contributed by atoms with Crippen molar-refractivity contribution in [2.24, 2.45) is 5.41 Å². The zero-order chi connectivity index (χ0) is 40.5. The van der Waals surface area contributed by atoms with Crippen LogP contribution in [0.1, 0.15) is 57.8 Å². The maximum absolute atomic E-state index is 13.9. The molecule has 3 heterocycles. The number of hydrogen-bond donors (Lipinski definition) is 3. The van der Waals surface area contributed by atoms with E-state index in [2.05, 4.69) is 33.1 Å². The van der Waals surface area contributed by atoms with Gasteiger partial charge in [0.05, 0.1) is 52.2 Å². The molecule has 3 aromatic carbocycles. The van der Waals surface area contributed by atoms with Gasteiger partial charge in [0.2, 0.25) is 17.7 Å². The molecule has 6 rings (SSSR count). The molecule has 1 saturated heterocycles. The summed E-state index contributed by atoms with van der Waals surface area (Å²) in [5, 5.41) is 10.1. The van der Waals surface area contributed by atoms with Crippen molar-refractivity contribution in [2.45, 2.75) is 65.6 Å². The van der Waals surface area contributed by atoms with Crippen molar-refractivity contribution in [2.75, 3.05) is 51.9 Å². The molecule has 0 bridgehead atoms. The standard InChI is InChI=1S/C43H52N6O6S2/c1-27(29-9-11-30(12-10-29)38-28(2)45-26-56-38)46-40(51)35-8-7-19-49(35)42(52)39(43(3,4)5)48-37(50)25-54-21-20-53-22-23-55-33-17-18-34-36(24-33)57-41(47-34)31-13-15-32(44-6)16-14-31/h9-18,24,26-27,35,39,44H,7-8,19-23,25H2,1-6H3,(H,46,51)(H,48,50)/t27-,35-,39?/m0/s1. The van der Waals surface area contributed by atoms with E-state index in [9.17, 15) is 14.4 Å². The summed E-state index contributed by atoms with van der Waals surface area (Å²) in [6.45, 7) is 11.0. The highest BCUT2D eigenvalue weighted by Gasteiger charge is 2.42. The summed E-state index contributed by atoms with van der Waals surface area (Å²) in [7, 11) is 1.90. The van der Waals surface area contributed by atoms with Crippen molar-refractivity contribution in [3.63, 3.8) is 0 Å². The third-order valence-electron chi connectivity index (χ3n) is 9.92. The molecule has 1 aliphatic rings. The van der Waals surface area contributed by atoms with E-state index < -0.39 is 23.4 Å². The maximum Gasteiger partial charge on any atom is 0.246 e. The minimum Gasteiger partial charge on any atom is -0.491 e. The molecule has 0 saturated carbocycles. The van der Waals surface area contributed by atoms with Crippen LogP contribution in [-0.4, -0.2) is 91.3 Å². The fourth-order valence-electron chi connectivity index (χ4n) is 6.72. The van der Waals surface area contributed by atoms with E-state index in [1.54, 1.807) is 27.6 Å². The number of anilines is 1. The molecule has 0 radical (unpaired) electrons. The Kier molecular flexibility index (Phi) is 13.9. The molecule has 14 heteroatoms. The van der Waals surface area contributed by atoms with Gasteiger partial charge in [0.15, 0.2) is 0 Å². The first-order valence-corrected chi connectivity index (χ1v) is 21.0. The van der Waals surface area contributed by atoms with Gasteiger partial charge in [-0.2, -0.15) is 0 Å². The SMILES string of the molecule is CNc1ccc(-c2nc3ccc(OCCOCCOCC(=O)NC(C(=O)N4CCC[C@H]4C(=O)N[C@@H](C)c4ccc(-c5scnc5C)cc4)C(C)(C)C)cc3s2)cc1. The van der Waals surface area contributed by atoms with Crippen LogP contribution < -0.4 is 20.7 Å². The van der Waals surface area contributed by atoms with Crippen molar-refractivity contribution in [3.8, 4) is 26.8 Å². The number of benzene rings is 3. The Balaban J connectivity index is 0.907. The Morgan fingerprint density at radius 2 is 1.65 bits per heavy atom. The number of hydrogen-bond acceptors (Lipinski definition) is 11. The smallest absolute Gasteiger partial charge is 0.246 e. The maximum atomic E-state index is 13.9. The van der Waals surface area contributed by atoms with Gasteiger partial charge in [0.1, 0.15) is 36.1 Å². The molecule has 3 N–H and O–H groups in total. The van der Waals surface area contributed by atoms with E-state index in [0.29, 0.717) is 32.6 Å². The minimum absolute atomic E-state index is 0.201. The van der Waals surface area contributed by atoms with Crippen molar-refractivity contribution in [1.29, 1.82) is 0 Å². The molecule has 2 aromatic heterocycles. The molecule has 5 aromatic rings. The number of aromatic nitrogens is 2. The summed E-state index contributed by atoms with van der Waals surface area (Å²) in [6, 6.07) is 20.4.